The summed E-state index contributed by atoms with van der Waals surface area (Å²) in [6, 6.07) is 2.20. The van der Waals surface area contributed by atoms with Gasteiger partial charge in [-0.25, -0.2) is 8.78 Å². The van der Waals surface area contributed by atoms with Gasteiger partial charge in [-0.2, -0.15) is 0 Å². The number of nitrogens with two attached hydrogens (primary N) is 1. The Balaban J connectivity index is 0.00000144. The van der Waals surface area contributed by atoms with Crippen LogP contribution < -0.4 is 5.73 Å². The molecule has 0 aliphatic rings. The van der Waals surface area contributed by atoms with Crippen LogP contribution in [0, 0.1) is 18.6 Å². The van der Waals surface area contributed by atoms with Crippen molar-refractivity contribution < 1.29 is 8.78 Å². The third kappa shape index (κ3) is 2.64. The van der Waals surface area contributed by atoms with E-state index in [0.29, 0.717) is 5.56 Å². The first-order valence-corrected chi connectivity index (χ1v) is 3.73. The molecule has 0 heterocycles. The molecule has 0 aromatic heterocycles. The molecule has 0 spiro atoms. The average Bonchev–Trinajstić information content (AvgIpc) is 1.99. The molecule has 0 fully saturated rings. The summed E-state index contributed by atoms with van der Waals surface area (Å²) in [7, 11) is 0. The fourth-order valence-corrected chi connectivity index (χ4v) is 0.928. The molecule has 13 heavy (non-hydrogen) atoms. The van der Waals surface area contributed by atoms with Gasteiger partial charge in [-0.15, -0.1) is 12.4 Å². The lowest BCUT2D eigenvalue weighted by atomic mass is 10.1. The quantitative estimate of drug-likeness (QED) is 0.753. The molecule has 1 aromatic carbocycles. The van der Waals surface area contributed by atoms with Crippen LogP contribution in [0.2, 0.25) is 0 Å². The first kappa shape index (κ1) is 12.3. The van der Waals surface area contributed by atoms with Gasteiger partial charge in [-0.1, -0.05) is 0 Å². The summed E-state index contributed by atoms with van der Waals surface area (Å²) >= 11 is 0. The lowest BCUT2D eigenvalue weighted by molar-refractivity contribution is 0.561. The third-order valence-corrected chi connectivity index (χ3v) is 1.83. The van der Waals surface area contributed by atoms with E-state index in [1.807, 2.05) is 0 Å². The minimum absolute atomic E-state index is 0. The normalized spacial score (nSPS) is 12.1. The Labute approximate surface area is 82.4 Å². The van der Waals surface area contributed by atoms with E-state index in [-0.39, 0.29) is 24.0 Å². The van der Waals surface area contributed by atoms with Crippen LogP contribution in [0.5, 0.6) is 0 Å². The number of rotatable bonds is 1. The van der Waals surface area contributed by atoms with E-state index >= 15 is 0 Å². The van der Waals surface area contributed by atoms with Crippen LogP contribution in [0.15, 0.2) is 12.1 Å². The summed E-state index contributed by atoms with van der Waals surface area (Å²) in [6.07, 6.45) is 0. The van der Waals surface area contributed by atoms with E-state index in [2.05, 4.69) is 0 Å². The zero-order valence-corrected chi connectivity index (χ0v) is 8.29. The zero-order valence-electron chi connectivity index (χ0n) is 7.47. The maximum Gasteiger partial charge on any atom is 0.129 e. The molecule has 0 aliphatic carbocycles. The SMILES string of the molecule is Cc1c(F)cc([C@@H](C)N)cc1F.Cl. The zero-order chi connectivity index (χ0) is 9.30. The van der Waals surface area contributed by atoms with Gasteiger partial charge in [0, 0.05) is 11.6 Å². The van der Waals surface area contributed by atoms with Crippen LogP contribution in [0.1, 0.15) is 24.1 Å². The second-order valence-corrected chi connectivity index (χ2v) is 2.90. The second-order valence-electron chi connectivity index (χ2n) is 2.90. The van der Waals surface area contributed by atoms with Crippen LogP contribution in [-0.2, 0) is 0 Å². The lowest BCUT2D eigenvalue weighted by Crippen LogP contribution is -2.06. The minimum atomic E-state index is -0.540. The molecule has 0 amide bonds. The van der Waals surface area contributed by atoms with E-state index in [4.69, 9.17) is 5.73 Å². The van der Waals surface area contributed by atoms with E-state index in [1.54, 1.807) is 6.92 Å². The number of halogens is 3. The smallest absolute Gasteiger partial charge is 0.129 e. The van der Waals surface area contributed by atoms with Crippen molar-refractivity contribution in [3.8, 4) is 0 Å². The third-order valence-electron chi connectivity index (χ3n) is 1.83. The van der Waals surface area contributed by atoms with Crippen LogP contribution in [0.25, 0.3) is 0 Å². The van der Waals surface area contributed by atoms with E-state index in [0.717, 1.165) is 0 Å². The van der Waals surface area contributed by atoms with Crippen molar-refractivity contribution in [2.75, 3.05) is 0 Å². The van der Waals surface area contributed by atoms with Crippen molar-refractivity contribution in [2.24, 2.45) is 5.73 Å². The molecule has 0 saturated carbocycles. The van der Waals surface area contributed by atoms with E-state index in [1.165, 1.54) is 19.1 Å². The van der Waals surface area contributed by atoms with Crippen molar-refractivity contribution in [1.82, 2.24) is 0 Å². The summed E-state index contributed by atoms with van der Waals surface area (Å²) in [4.78, 5) is 0. The van der Waals surface area contributed by atoms with Gasteiger partial charge in [0.1, 0.15) is 11.6 Å². The summed E-state index contributed by atoms with van der Waals surface area (Å²) in [5.74, 6) is -1.08. The maximum absolute atomic E-state index is 12.9. The number of hydrogen-bond acceptors (Lipinski definition) is 1. The van der Waals surface area contributed by atoms with Gasteiger partial charge in [0.15, 0.2) is 0 Å². The predicted molar refractivity (Wildman–Crippen MR) is 50.9 cm³/mol. The molecule has 1 atom stereocenters. The van der Waals surface area contributed by atoms with Crippen LogP contribution in [0.4, 0.5) is 8.78 Å². The van der Waals surface area contributed by atoms with Gasteiger partial charge >= 0.3 is 0 Å². The van der Waals surface area contributed by atoms with Crippen molar-refractivity contribution in [3.63, 3.8) is 0 Å². The summed E-state index contributed by atoms with van der Waals surface area (Å²) < 4.78 is 25.8. The molecule has 1 aromatic rings. The van der Waals surface area contributed by atoms with E-state index < -0.39 is 11.6 Å². The molecule has 0 aliphatic heterocycles. The highest BCUT2D eigenvalue weighted by Gasteiger charge is 2.08. The van der Waals surface area contributed by atoms with Crippen molar-refractivity contribution in [1.29, 1.82) is 0 Å². The number of benzene rings is 1. The first-order chi connectivity index (χ1) is 5.52. The van der Waals surface area contributed by atoms with Crippen LogP contribution in [-0.4, -0.2) is 0 Å². The first-order valence-electron chi connectivity index (χ1n) is 3.73. The van der Waals surface area contributed by atoms with Gasteiger partial charge in [0.2, 0.25) is 0 Å². The molecule has 1 rings (SSSR count). The summed E-state index contributed by atoms with van der Waals surface area (Å²) in [6.45, 7) is 3.08. The molecular formula is C9H12ClF2N. The van der Waals surface area contributed by atoms with Gasteiger partial charge in [0.25, 0.3) is 0 Å². The molecule has 2 N–H and O–H groups in total. The van der Waals surface area contributed by atoms with Crippen molar-refractivity contribution in [3.05, 3.63) is 34.9 Å². The predicted octanol–water partition coefficient (Wildman–Crippen LogP) is 2.71. The van der Waals surface area contributed by atoms with Crippen LogP contribution in [0.3, 0.4) is 0 Å². The standard InChI is InChI=1S/C9H11F2N.ClH/c1-5-8(10)3-7(6(2)12)4-9(5)11;/h3-4,6H,12H2,1-2H3;1H/t6-;/m1./s1. The van der Waals surface area contributed by atoms with Crippen molar-refractivity contribution in [2.45, 2.75) is 19.9 Å². The average molecular weight is 208 g/mol. The maximum atomic E-state index is 12.9. The number of hydrogen-bond donors (Lipinski definition) is 1. The Hall–Kier alpha value is -0.670. The molecule has 1 nitrogen and oxygen atoms in total. The monoisotopic (exact) mass is 207 g/mol. The largest absolute Gasteiger partial charge is 0.324 e. The van der Waals surface area contributed by atoms with Gasteiger partial charge in [-0.3, -0.25) is 0 Å². The topological polar surface area (TPSA) is 26.0 Å². The molecule has 0 unspecified atom stereocenters. The Morgan fingerprint density at radius 2 is 1.62 bits per heavy atom. The van der Waals surface area contributed by atoms with Gasteiger partial charge in [0.05, 0.1) is 0 Å². The lowest BCUT2D eigenvalue weighted by Gasteiger charge is -2.07. The van der Waals surface area contributed by atoms with E-state index in [9.17, 15) is 8.78 Å². The molecule has 0 saturated heterocycles. The minimum Gasteiger partial charge on any atom is -0.324 e. The molecule has 74 valence electrons. The molecule has 0 bridgehead atoms. The summed E-state index contributed by atoms with van der Waals surface area (Å²) in [5, 5.41) is 0. The fourth-order valence-electron chi connectivity index (χ4n) is 0.928. The highest BCUT2D eigenvalue weighted by molar-refractivity contribution is 5.85. The van der Waals surface area contributed by atoms with Gasteiger partial charge < -0.3 is 5.73 Å². The highest BCUT2D eigenvalue weighted by Crippen LogP contribution is 2.17. The van der Waals surface area contributed by atoms with Crippen LogP contribution >= 0.6 is 12.4 Å². The Morgan fingerprint density at radius 3 is 1.92 bits per heavy atom. The molecule has 0 radical (unpaired) electrons. The van der Waals surface area contributed by atoms with Gasteiger partial charge in [-0.05, 0) is 31.5 Å². The second kappa shape index (κ2) is 4.53. The Kier molecular flexibility index (Phi) is 4.30. The highest BCUT2D eigenvalue weighted by atomic mass is 35.5. The molecular weight excluding hydrogens is 196 g/mol. The Morgan fingerprint density at radius 1 is 1.23 bits per heavy atom. The fraction of sp³-hybridized carbons (Fsp3) is 0.333. The summed E-state index contributed by atoms with van der Waals surface area (Å²) in [5.41, 5.74) is 5.99. The van der Waals surface area contributed by atoms with Crippen molar-refractivity contribution >= 4 is 12.4 Å². The molecule has 4 heteroatoms. The Bertz CT molecular complexity index is 277.